The fourth-order valence-corrected chi connectivity index (χ4v) is 5.65. The van der Waals surface area contributed by atoms with E-state index in [0.29, 0.717) is 15.6 Å². The second kappa shape index (κ2) is 8.97. The van der Waals surface area contributed by atoms with E-state index in [-0.39, 0.29) is 5.91 Å². The zero-order valence-corrected chi connectivity index (χ0v) is 18.2. The SMILES string of the molecule is CC(Sc1cc(-c2ccccc2)ncn1)C(=O)Nc1sc2c(c1C(N)=O)CCCC2. The Kier molecular flexibility index (Phi) is 6.15. The van der Waals surface area contributed by atoms with Crippen molar-refractivity contribution in [3.63, 3.8) is 0 Å². The molecule has 1 aliphatic carbocycles. The Morgan fingerprint density at radius 3 is 2.70 bits per heavy atom. The molecular formula is C22H22N4O2S2. The summed E-state index contributed by atoms with van der Waals surface area (Å²) in [7, 11) is 0. The molecule has 2 amide bonds. The molecule has 0 saturated carbocycles. The Bertz CT molecular complexity index is 1080. The molecule has 0 aliphatic heterocycles. The number of carbonyl (C=O) groups is 2. The van der Waals surface area contributed by atoms with Crippen LogP contribution in [0.15, 0.2) is 47.8 Å². The lowest BCUT2D eigenvalue weighted by Gasteiger charge is -2.12. The number of thiophene rings is 1. The summed E-state index contributed by atoms with van der Waals surface area (Å²) in [5.74, 6) is -0.658. The Morgan fingerprint density at radius 1 is 1.17 bits per heavy atom. The van der Waals surface area contributed by atoms with Crippen LogP contribution in [0.1, 0.15) is 40.6 Å². The van der Waals surface area contributed by atoms with E-state index >= 15 is 0 Å². The maximum Gasteiger partial charge on any atom is 0.251 e. The van der Waals surface area contributed by atoms with Crippen LogP contribution in [0.2, 0.25) is 0 Å². The highest BCUT2D eigenvalue weighted by atomic mass is 32.2. The second-order valence-corrected chi connectivity index (χ2v) is 9.60. The number of nitrogens with two attached hydrogens (primary N) is 1. The normalized spacial score (nSPS) is 14.0. The smallest absolute Gasteiger partial charge is 0.251 e. The van der Waals surface area contributed by atoms with Crippen LogP contribution >= 0.6 is 23.1 Å². The van der Waals surface area contributed by atoms with Gasteiger partial charge in [-0.25, -0.2) is 9.97 Å². The third-order valence-corrected chi connectivity index (χ3v) is 7.27. The first-order valence-corrected chi connectivity index (χ1v) is 11.5. The van der Waals surface area contributed by atoms with Crippen LogP contribution in [0.3, 0.4) is 0 Å². The average Bonchev–Trinajstić information content (AvgIpc) is 3.12. The van der Waals surface area contributed by atoms with Gasteiger partial charge in [0, 0.05) is 10.4 Å². The van der Waals surface area contributed by atoms with E-state index in [1.54, 1.807) is 0 Å². The molecule has 0 radical (unpaired) electrons. The number of hydrogen-bond acceptors (Lipinski definition) is 6. The first-order valence-electron chi connectivity index (χ1n) is 9.82. The lowest BCUT2D eigenvalue weighted by Crippen LogP contribution is -2.24. The Balaban J connectivity index is 1.49. The van der Waals surface area contributed by atoms with Crippen LogP contribution < -0.4 is 11.1 Å². The number of nitrogens with one attached hydrogen (secondary N) is 1. The number of aromatic nitrogens is 2. The highest BCUT2D eigenvalue weighted by Crippen LogP contribution is 2.38. The number of fused-ring (bicyclic) bond motifs is 1. The molecule has 154 valence electrons. The fraction of sp³-hybridized carbons (Fsp3) is 0.273. The minimum atomic E-state index is -0.478. The van der Waals surface area contributed by atoms with E-state index in [4.69, 9.17) is 5.73 Å². The molecule has 0 fully saturated rings. The quantitative estimate of drug-likeness (QED) is 0.442. The zero-order chi connectivity index (χ0) is 21.1. The minimum absolute atomic E-state index is 0.180. The molecule has 0 saturated heterocycles. The van der Waals surface area contributed by atoms with Crippen molar-refractivity contribution in [2.24, 2.45) is 5.73 Å². The van der Waals surface area contributed by atoms with E-state index in [1.807, 2.05) is 43.3 Å². The van der Waals surface area contributed by atoms with Crippen LogP contribution in [0.4, 0.5) is 5.00 Å². The predicted octanol–water partition coefficient (Wildman–Crippen LogP) is 4.30. The summed E-state index contributed by atoms with van der Waals surface area (Å²) < 4.78 is 0. The van der Waals surface area contributed by atoms with Gasteiger partial charge in [-0.3, -0.25) is 9.59 Å². The summed E-state index contributed by atoms with van der Waals surface area (Å²) in [5, 5.41) is 3.81. The van der Waals surface area contributed by atoms with Gasteiger partial charge in [0.2, 0.25) is 5.91 Å². The number of benzene rings is 1. The highest BCUT2D eigenvalue weighted by Gasteiger charge is 2.26. The van der Waals surface area contributed by atoms with Crippen molar-refractivity contribution in [2.75, 3.05) is 5.32 Å². The molecule has 1 unspecified atom stereocenters. The summed E-state index contributed by atoms with van der Waals surface area (Å²) in [6, 6.07) is 11.7. The Morgan fingerprint density at radius 2 is 1.93 bits per heavy atom. The highest BCUT2D eigenvalue weighted by molar-refractivity contribution is 8.00. The predicted molar refractivity (Wildman–Crippen MR) is 121 cm³/mol. The number of thioether (sulfide) groups is 1. The number of hydrogen-bond donors (Lipinski definition) is 2. The van der Waals surface area contributed by atoms with Gasteiger partial charge in [-0.2, -0.15) is 0 Å². The van der Waals surface area contributed by atoms with Crippen LogP contribution in [0.5, 0.6) is 0 Å². The van der Waals surface area contributed by atoms with Gasteiger partial charge in [-0.05, 0) is 44.2 Å². The van der Waals surface area contributed by atoms with Crippen molar-refractivity contribution >= 4 is 39.9 Å². The van der Waals surface area contributed by atoms with E-state index in [0.717, 1.165) is 47.4 Å². The topological polar surface area (TPSA) is 98.0 Å². The molecule has 8 heteroatoms. The lowest BCUT2D eigenvalue weighted by molar-refractivity contribution is -0.115. The summed E-state index contributed by atoms with van der Waals surface area (Å²) in [5.41, 5.74) is 8.92. The average molecular weight is 439 g/mol. The number of primary amides is 1. The number of anilines is 1. The van der Waals surface area contributed by atoms with Crippen molar-refractivity contribution in [2.45, 2.75) is 42.9 Å². The maximum absolute atomic E-state index is 12.8. The van der Waals surface area contributed by atoms with Gasteiger partial charge in [-0.1, -0.05) is 42.1 Å². The van der Waals surface area contributed by atoms with Gasteiger partial charge >= 0.3 is 0 Å². The molecule has 0 bridgehead atoms. The number of rotatable bonds is 6. The third-order valence-electron chi connectivity index (χ3n) is 5.03. The number of nitrogens with zero attached hydrogens (tertiary/aromatic N) is 2. The van der Waals surface area contributed by atoms with Gasteiger partial charge in [0.25, 0.3) is 5.91 Å². The molecule has 2 aromatic heterocycles. The molecule has 0 spiro atoms. The van der Waals surface area contributed by atoms with Crippen molar-refractivity contribution in [1.82, 2.24) is 9.97 Å². The van der Waals surface area contributed by atoms with Crippen molar-refractivity contribution in [1.29, 1.82) is 0 Å². The van der Waals surface area contributed by atoms with Gasteiger partial charge in [0.1, 0.15) is 16.4 Å². The molecule has 2 heterocycles. The minimum Gasteiger partial charge on any atom is -0.365 e. The van der Waals surface area contributed by atoms with Gasteiger partial charge in [0.15, 0.2) is 0 Å². The maximum atomic E-state index is 12.8. The Labute approximate surface area is 183 Å². The molecular weight excluding hydrogens is 416 g/mol. The van der Waals surface area contributed by atoms with Crippen LogP contribution in [0, 0.1) is 0 Å². The van der Waals surface area contributed by atoms with E-state index < -0.39 is 11.2 Å². The molecule has 1 atom stereocenters. The molecule has 1 aromatic carbocycles. The Hall–Kier alpha value is -2.71. The first-order chi connectivity index (χ1) is 14.5. The second-order valence-electron chi connectivity index (χ2n) is 7.14. The lowest BCUT2D eigenvalue weighted by atomic mass is 9.95. The van der Waals surface area contributed by atoms with Crippen LogP contribution in [0.25, 0.3) is 11.3 Å². The number of aryl methyl sites for hydroxylation is 1. The van der Waals surface area contributed by atoms with Gasteiger partial charge in [-0.15, -0.1) is 11.3 Å². The molecule has 30 heavy (non-hydrogen) atoms. The fourth-order valence-electron chi connectivity index (χ4n) is 3.53. The van der Waals surface area contributed by atoms with Crippen molar-refractivity contribution in [3.05, 3.63) is 58.7 Å². The molecule has 3 aromatic rings. The summed E-state index contributed by atoms with van der Waals surface area (Å²) in [4.78, 5) is 34.6. The summed E-state index contributed by atoms with van der Waals surface area (Å²) >= 11 is 2.83. The van der Waals surface area contributed by atoms with Gasteiger partial charge in [0.05, 0.1) is 16.5 Å². The molecule has 4 rings (SSSR count). The largest absolute Gasteiger partial charge is 0.365 e. The molecule has 1 aliphatic rings. The first kappa shape index (κ1) is 20.6. The third kappa shape index (κ3) is 4.39. The molecule has 3 N–H and O–H groups in total. The summed E-state index contributed by atoms with van der Waals surface area (Å²) in [6.07, 6.45) is 5.43. The summed E-state index contributed by atoms with van der Waals surface area (Å²) in [6.45, 7) is 1.82. The monoisotopic (exact) mass is 438 g/mol. The van der Waals surface area contributed by atoms with E-state index in [1.165, 1.54) is 29.4 Å². The van der Waals surface area contributed by atoms with Gasteiger partial charge < -0.3 is 11.1 Å². The molecule has 6 nitrogen and oxygen atoms in total. The van der Waals surface area contributed by atoms with Crippen molar-refractivity contribution < 1.29 is 9.59 Å². The number of carbonyl (C=O) groups excluding carboxylic acids is 2. The van der Waals surface area contributed by atoms with E-state index in [2.05, 4.69) is 15.3 Å². The van der Waals surface area contributed by atoms with Crippen LogP contribution in [-0.4, -0.2) is 27.0 Å². The van der Waals surface area contributed by atoms with Crippen molar-refractivity contribution in [3.8, 4) is 11.3 Å². The standard InChI is InChI=1S/C22H22N4O2S2/c1-13(29-18-11-16(24-12-25-18)14-7-3-2-4-8-14)21(28)26-22-19(20(23)27)15-9-5-6-10-17(15)30-22/h2-4,7-8,11-13H,5-6,9-10H2,1H3,(H2,23,27)(H,26,28). The number of amides is 2. The van der Waals surface area contributed by atoms with Crippen LogP contribution in [-0.2, 0) is 17.6 Å². The van der Waals surface area contributed by atoms with E-state index in [9.17, 15) is 9.59 Å². The zero-order valence-electron chi connectivity index (χ0n) is 16.6.